The Labute approximate surface area is 113 Å². The highest BCUT2D eigenvalue weighted by Crippen LogP contribution is 2.36. The van der Waals surface area contributed by atoms with E-state index in [9.17, 15) is 5.11 Å². The molecule has 1 aromatic carbocycles. The van der Waals surface area contributed by atoms with Crippen LogP contribution in [-0.4, -0.2) is 29.6 Å². The Bertz CT molecular complexity index is 579. The van der Waals surface area contributed by atoms with Crippen LogP contribution in [0.2, 0.25) is 0 Å². The van der Waals surface area contributed by atoms with Crippen molar-refractivity contribution in [3.8, 4) is 0 Å². The first kappa shape index (κ1) is 12.7. The second-order valence-electron chi connectivity index (χ2n) is 5.62. The number of likely N-dealkylation sites (tertiary alicyclic amines) is 1. The minimum atomic E-state index is -0.793. The van der Waals surface area contributed by atoms with Gasteiger partial charge in [0.15, 0.2) is 0 Å². The Balaban J connectivity index is 1.91. The van der Waals surface area contributed by atoms with Crippen LogP contribution in [0.4, 0.5) is 0 Å². The summed E-state index contributed by atoms with van der Waals surface area (Å²) in [4.78, 5) is 2.36. The molecule has 3 nitrogen and oxygen atoms in total. The molecule has 19 heavy (non-hydrogen) atoms. The molecule has 0 unspecified atom stereocenters. The van der Waals surface area contributed by atoms with Crippen LogP contribution in [-0.2, 0) is 5.60 Å². The lowest BCUT2D eigenvalue weighted by Crippen LogP contribution is -2.42. The quantitative estimate of drug-likeness (QED) is 0.900. The Hall–Kier alpha value is -1.32. The van der Waals surface area contributed by atoms with Crippen LogP contribution in [0.25, 0.3) is 11.0 Å². The maximum Gasteiger partial charge on any atom is 0.136 e. The first-order chi connectivity index (χ1) is 9.10. The fraction of sp³-hybridized carbons (Fsp3) is 0.500. The molecule has 102 valence electrons. The summed E-state index contributed by atoms with van der Waals surface area (Å²) in [6.45, 7) is 7.15. The van der Waals surface area contributed by atoms with E-state index in [2.05, 4.69) is 24.8 Å². The van der Waals surface area contributed by atoms with E-state index in [1.807, 2.05) is 18.2 Å². The first-order valence-corrected chi connectivity index (χ1v) is 7.06. The number of piperidine rings is 1. The topological polar surface area (TPSA) is 36.6 Å². The Morgan fingerprint density at radius 2 is 2.00 bits per heavy atom. The summed E-state index contributed by atoms with van der Waals surface area (Å²) in [7, 11) is 0. The molecule has 0 radical (unpaired) electrons. The molecule has 1 saturated heterocycles. The van der Waals surface area contributed by atoms with Crippen LogP contribution in [0.1, 0.15) is 31.1 Å². The molecular formula is C16H21NO2. The van der Waals surface area contributed by atoms with Gasteiger partial charge in [0.2, 0.25) is 0 Å². The van der Waals surface area contributed by atoms with Crippen LogP contribution < -0.4 is 0 Å². The fourth-order valence-corrected chi connectivity index (χ4v) is 2.88. The normalized spacial score (nSPS) is 19.9. The molecular weight excluding hydrogens is 238 g/mol. The van der Waals surface area contributed by atoms with Gasteiger partial charge in [-0.15, -0.1) is 0 Å². The second kappa shape index (κ2) is 4.66. The van der Waals surface area contributed by atoms with Crippen LogP contribution in [0.3, 0.4) is 0 Å². The Morgan fingerprint density at radius 3 is 2.68 bits per heavy atom. The highest BCUT2D eigenvalue weighted by atomic mass is 16.4. The maximum absolute atomic E-state index is 10.8. The molecule has 2 aromatic rings. The zero-order valence-corrected chi connectivity index (χ0v) is 11.6. The van der Waals surface area contributed by atoms with Crippen LogP contribution in [0.15, 0.2) is 28.7 Å². The van der Waals surface area contributed by atoms with Crippen LogP contribution >= 0.6 is 0 Å². The van der Waals surface area contributed by atoms with Gasteiger partial charge in [0.1, 0.15) is 16.9 Å². The minimum Gasteiger partial charge on any atom is -0.458 e. The SMILES string of the molecule is CCN1CCC(O)(c2cc3cc(C)ccc3o2)CC1. The van der Waals surface area contributed by atoms with Crippen LogP contribution in [0.5, 0.6) is 0 Å². The summed E-state index contributed by atoms with van der Waals surface area (Å²) in [6.07, 6.45) is 1.50. The van der Waals surface area contributed by atoms with Crippen molar-refractivity contribution < 1.29 is 9.52 Å². The van der Waals surface area contributed by atoms with E-state index in [0.717, 1.165) is 49.2 Å². The van der Waals surface area contributed by atoms with Crippen molar-refractivity contribution in [3.05, 3.63) is 35.6 Å². The van der Waals surface area contributed by atoms with E-state index in [1.54, 1.807) is 0 Å². The largest absolute Gasteiger partial charge is 0.458 e. The Morgan fingerprint density at radius 1 is 1.26 bits per heavy atom. The van der Waals surface area contributed by atoms with Crippen LogP contribution in [0, 0.1) is 6.92 Å². The standard InChI is InChI=1S/C16H21NO2/c1-3-17-8-6-16(18,7-9-17)15-11-13-10-12(2)4-5-14(13)19-15/h4-5,10-11,18H,3,6-9H2,1-2H3. The van der Waals surface area contributed by atoms with Crippen molar-refractivity contribution in [1.82, 2.24) is 4.90 Å². The van der Waals surface area contributed by atoms with Gasteiger partial charge in [-0.2, -0.15) is 0 Å². The number of aryl methyl sites for hydroxylation is 1. The van der Waals surface area contributed by atoms with Crippen molar-refractivity contribution in [2.75, 3.05) is 19.6 Å². The van der Waals surface area contributed by atoms with E-state index in [4.69, 9.17) is 4.42 Å². The Kier molecular flexibility index (Phi) is 3.11. The number of hydrogen-bond acceptors (Lipinski definition) is 3. The summed E-state index contributed by atoms with van der Waals surface area (Å²) in [6, 6.07) is 8.13. The highest BCUT2D eigenvalue weighted by molar-refractivity contribution is 5.78. The second-order valence-corrected chi connectivity index (χ2v) is 5.62. The smallest absolute Gasteiger partial charge is 0.136 e. The van der Waals surface area contributed by atoms with Crippen molar-refractivity contribution in [1.29, 1.82) is 0 Å². The van der Waals surface area contributed by atoms with Gasteiger partial charge in [0, 0.05) is 18.5 Å². The molecule has 0 atom stereocenters. The molecule has 1 aliphatic heterocycles. The molecule has 0 aliphatic carbocycles. The summed E-state index contributed by atoms with van der Waals surface area (Å²) in [5.74, 6) is 0.726. The van der Waals surface area contributed by atoms with E-state index in [1.165, 1.54) is 5.56 Å². The average molecular weight is 259 g/mol. The number of nitrogens with zero attached hydrogens (tertiary/aromatic N) is 1. The number of benzene rings is 1. The number of hydrogen-bond donors (Lipinski definition) is 1. The highest BCUT2D eigenvalue weighted by Gasteiger charge is 2.36. The molecule has 1 N–H and O–H groups in total. The van der Waals surface area contributed by atoms with E-state index in [-0.39, 0.29) is 0 Å². The molecule has 1 aliphatic rings. The van der Waals surface area contributed by atoms with Gasteiger partial charge in [-0.3, -0.25) is 0 Å². The van der Waals surface area contributed by atoms with Crippen molar-refractivity contribution in [2.45, 2.75) is 32.3 Å². The first-order valence-electron chi connectivity index (χ1n) is 7.06. The fourth-order valence-electron chi connectivity index (χ4n) is 2.88. The van der Waals surface area contributed by atoms with Crippen molar-refractivity contribution in [3.63, 3.8) is 0 Å². The molecule has 1 aromatic heterocycles. The molecule has 2 heterocycles. The lowest BCUT2D eigenvalue weighted by atomic mass is 9.89. The molecule has 3 rings (SSSR count). The molecule has 0 saturated carbocycles. The zero-order chi connectivity index (χ0) is 13.5. The predicted molar refractivity (Wildman–Crippen MR) is 76.2 cm³/mol. The lowest BCUT2D eigenvalue weighted by molar-refractivity contribution is -0.0399. The summed E-state index contributed by atoms with van der Waals surface area (Å²) >= 11 is 0. The predicted octanol–water partition coefficient (Wildman–Crippen LogP) is 3.04. The van der Waals surface area contributed by atoms with Gasteiger partial charge in [-0.1, -0.05) is 18.6 Å². The van der Waals surface area contributed by atoms with E-state index < -0.39 is 5.60 Å². The number of aliphatic hydroxyl groups is 1. The zero-order valence-electron chi connectivity index (χ0n) is 11.6. The molecule has 0 amide bonds. The molecule has 3 heteroatoms. The van der Waals surface area contributed by atoms with E-state index in [0.29, 0.717) is 0 Å². The summed E-state index contributed by atoms with van der Waals surface area (Å²) < 4.78 is 5.87. The van der Waals surface area contributed by atoms with Crippen molar-refractivity contribution in [2.24, 2.45) is 0 Å². The molecule has 1 fully saturated rings. The van der Waals surface area contributed by atoms with Gasteiger partial charge in [-0.05, 0) is 44.5 Å². The third-order valence-electron chi connectivity index (χ3n) is 4.26. The van der Waals surface area contributed by atoms with Gasteiger partial charge in [-0.25, -0.2) is 0 Å². The average Bonchev–Trinajstić information content (AvgIpc) is 2.83. The number of fused-ring (bicyclic) bond motifs is 1. The number of furan rings is 1. The van der Waals surface area contributed by atoms with E-state index >= 15 is 0 Å². The molecule has 0 spiro atoms. The summed E-state index contributed by atoms with van der Waals surface area (Å²) in [5, 5.41) is 11.9. The van der Waals surface area contributed by atoms with Crippen molar-refractivity contribution >= 4 is 11.0 Å². The number of rotatable bonds is 2. The third kappa shape index (κ3) is 2.28. The lowest BCUT2D eigenvalue weighted by Gasteiger charge is -2.36. The minimum absolute atomic E-state index is 0.726. The maximum atomic E-state index is 10.8. The summed E-state index contributed by atoms with van der Waals surface area (Å²) in [5.41, 5.74) is 1.29. The monoisotopic (exact) mass is 259 g/mol. The van der Waals surface area contributed by atoms with Gasteiger partial charge in [0.05, 0.1) is 0 Å². The van der Waals surface area contributed by atoms with Gasteiger partial charge in [0.25, 0.3) is 0 Å². The van der Waals surface area contributed by atoms with Gasteiger partial charge >= 0.3 is 0 Å². The third-order valence-corrected chi connectivity index (χ3v) is 4.26. The van der Waals surface area contributed by atoms with Gasteiger partial charge < -0.3 is 14.4 Å². The molecule has 0 bridgehead atoms.